The summed E-state index contributed by atoms with van der Waals surface area (Å²) in [6.07, 6.45) is -2.06. The summed E-state index contributed by atoms with van der Waals surface area (Å²) in [5, 5.41) is 29.3. The Morgan fingerprint density at radius 2 is 2.23 bits per heavy atom. The first kappa shape index (κ1) is 10.6. The highest BCUT2D eigenvalue weighted by Crippen LogP contribution is 2.20. The lowest BCUT2D eigenvalue weighted by Crippen LogP contribution is -2.27. The Hall–Kier alpha value is -0.530. The van der Waals surface area contributed by atoms with Gasteiger partial charge in [0, 0.05) is 11.9 Å². The lowest BCUT2D eigenvalue weighted by atomic mass is 10.2. The molecule has 0 aliphatic rings. The van der Waals surface area contributed by atoms with E-state index in [2.05, 4.69) is 4.98 Å². The SMILES string of the molecule is NCC(O)C(O)c1nc(CO)cs1. The Morgan fingerprint density at radius 1 is 1.54 bits per heavy atom. The minimum Gasteiger partial charge on any atom is -0.390 e. The molecule has 0 radical (unpaired) electrons. The summed E-state index contributed by atoms with van der Waals surface area (Å²) in [6, 6.07) is 0. The molecule has 0 saturated heterocycles. The van der Waals surface area contributed by atoms with Gasteiger partial charge in [0.05, 0.1) is 18.4 Å². The first-order valence-electron chi connectivity index (χ1n) is 3.80. The van der Waals surface area contributed by atoms with Crippen molar-refractivity contribution in [2.24, 2.45) is 5.73 Å². The maximum Gasteiger partial charge on any atom is 0.133 e. The third-order valence-electron chi connectivity index (χ3n) is 1.59. The van der Waals surface area contributed by atoms with Crippen LogP contribution in [0, 0.1) is 0 Å². The number of rotatable bonds is 4. The fourth-order valence-electron chi connectivity index (χ4n) is 0.825. The minimum absolute atomic E-state index is 0.0186. The molecular weight excluding hydrogens is 192 g/mol. The van der Waals surface area contributed by atoms with Crippen LogP contribution in [-0.4, -0.2) is 33.0 Å². The molecule has 1 aromatic rings. The van der Waals surface area contributed by atoms with Gasteiger partial charge in [-0.05, 0) is 0 Å². The van der Waals surface area contributed by atoms with Crippen molar-refractivity contribution in [3.8, 4) is 0 Å². The molecule has 0 aliphatic carbocycles. The Labute approximate surface area is 79.5 Å². The number of aliphatic hydroxyl groups is 3. The molecule has 74 valence electrons. The summed E-state index contributed by atoms with van der Waals surface area (Å²) in [7, 11) is 0. The van der Waals surface area contributed by atoms with Crippen LogP contribution in [0.1, 0.15) is 16.8 Å². The highest BCUT2D eigenvalue weighted by molar-refractivity contribution is 7.09. The van der Waals surface area contributed by atoms with Crippen molar-refractivity contribution in [1.82, 2.24) is 4.98 Å². The third-order valence-corrected chi connectivity index (χ3v) is 2.55. The van der Waals surface area contributed by atoms with E-state index in [0.29, 0.717) is 10.7 Å². The van der Waals surface area contributed by atoms with Gasteiger partial charge in [0.1, 0.15) is 11.1 Å². The van der Waals surface area contributed by atoms with E-state index in [0.717, 1.165) is 0 Å². The lowest BCUT2D eigenvalue weighted by Gasteiger charge is -2.12. The molecule has 0 bridgehead atoms. The van der Waals surface area contributed by atoms with Gasteiger partial charge in [0.15, 0.2) is 0 Å². The zero-order valence-corrected chi connectivity index (χ0v) is 7.74. The van der Waals surface area contributed by atoms with Gasteiger partial charge < -0.3 is 21.1 Å². The van der Waals surface area contributed by atoms with E-state index < -0.39 is 12.2 Å². The van der Waals surface area contributed by atoms with Crippen LogP contribution in [0.15, 0.2) is 5.38 Å². The highest BCUT2D eigenvalue weighted by Gasteiger charge is 2.19. The molecule has 6 heteroatoms. The maximum absolute atomic E-state index is 9.43. The largest absolute Gasteiger partial charge is 0.390 e. The van der Waals surface area contributed by atoms with Gasteiger partial charge in [-0.3, -0.25) is 0 Å². The van der Waals surface area contributed by atoms with Crippen LogP contribution in [0.25, 0.3) is 0 Å². The smallest absolute Gasteiger partial charge is 0.133 e. The lowest BCUT2D eigenvalue weighted by molar-refractivity contribution is 0.0240. The summed E-state index contributed by atoms with van der Waals surface area (Å²) in [5.74, 6) is 0. The fraction of sp³-hybridized carbons (Fsp3) is 0.571. The Morgan fingerprint density at radius 3 is 2.69 bits per heavy atom. The molecule has 2 atom stereocenters. The van der Waals surface area contributed by atoms with Crippen LogP contribution in [-0.2, 0) is 6.61 Å². The van der Waals surface area contributed by atoms with Gasteiger partial charge >= 0.3 is 0 Å². The van der Waals surface area contributed by atoms with E-state index in [-0.39, 0.29) is 13.2 Å². The van der Waals surface area contributed by atoms with Crippen molar-refractivity contribution in [1.29, 1.82) is 0 Å². The molecule has 0 aromatic carbocycles. The van der Waals surface area contributed by atoms with E-state index in [1.807, 2.05) is 0 Å². The summed E-state index contributed by atoms with van der Waals surface area (Å²) in [5.41, 5.74) is 5.66. The molecule has 1 heterocycles. The molecule has 0 amide bonds. The van der Waals surface area contributed by atoms with Gasteiger partial charge in [-0.15, -0.1) is 11.3 Å². The van der Waals surface area contributed by atoms with Crippen LogP contribution in [0.4, 0.5) is 0 Å². The predicted molar refractivity (Wildman–Crippen MR) is 48.1 cm³/mol. The Bertz CT molecular complexity index is 266. The van der Waals surface area contributed by atoms with Gasteiger partial charge in [-0.25, -0.2) is 4.98 Å². The Balaban J connectivity index is 2.70. The fourth-order valence-corrected chi connectivity index (χ4v) is 1.68. The molecule has 0 fully saturated rings. The highest BCUT2D eigenvalue weighted by atomic mass is 32.1. The quantitative estimate of drug-likeness (QED) is 0.503. The first-order valence-corrected chi connectivity index (χ1v) is 4.68. The van der Waals surface area contributed by atoms with Crippen LogP contribution < -0.4 is 5.73 Å². The normalized spacial score (nSPS) is 15.7. The van der Waals surface area contributed by atoms with Crippen LogP contribution in [0.5, 0.6) is 0 Å². The van der Waals surface area contributed by atoms with E-state index in [9.17, 15) is 10.2 Å². The number of hydrogen-bond acceptors (Lipinski definition) is 6. The first-order chi connectivity index (χ1) is 6.19. The van der Waals surface area contributed by atoms with E-state index in [1.165, 1.54) is 11.3 Å². The number of nitrogens with zero attached hydrogens (tertiary/aromatic N) is 1. The minimum atomic E-state index is -1.06. The zero-order chi connectivity index (χ0) is 9.84. The topological polar surface area (TPSA) is 99.6 Å². The molecule has 0 aliphatic heterocycles. The van der Waals surface area contributed by atoms with Crippen LogP contribution in [0.3, 0.4) is 0 Å². The number of aliphatic hydroxyl groups excluding tert-OH is 3. The van der Waals surface area contributed by atoms with E-state index in [4.69, 9.17) is 10.8 Å². The average molecular weight is 204 g/mol. The second-order valence-corrected chi connectivity index (χ2v) is 3.47. The van der Waals surface area contributed by atoms with Crippen LogP contribution >= 0.6 is 11.3 Å². The summed E-state index contributed by atoms with van der Waals surface area (Å²) < 4.78 is 0. The van der Waals surface area contributed by atoms with Crippen molar-refractivity contribution in [2.45, 2.75) is 18.8 Å². The number of thiazole rings is 1. The molecule has 5 nitrogen and oxygen atoms in total. The molecule has 0 spiro atoms. The van der Waals surface area contributed by atoms with Gasteiger partial charge in [0.2, 0.25) is 0 Å². The molecule has 13 heavy (non-hydrogen) atoms. The third kappa shape index (κ3) is 2.45. The van der Waals surface area contributed by atoms with Crippen molar-refractivity contribution in [3.05, 3.63) is 16.1 Å². The summed E-state index contributed by atoms with van der Waals surface area (Å²) in [6.45, 7) is -0.183. The van der Waals surface area contributed by atoms with Crippen molar-refractivity contribution in [3.63, 3.8) is 0 Å². The van der Waals surface area contributed by atoms with Crippen molar-refractivity contribution >= 4 is 11.3 Å². The van der Waals surface area contributed by atoms with Crippen LogP contribution in [0.2, 0.25) is 0 Å². The summed E-state index contributed by atoms with van der Waals surface area (Å²) in [4.78, 5) is 3.90. The molecule has 1 rings (SSSR count). The van der Waals surface area contributed by atoms with Crippen molar-refractivity contribution in [2.75, 3.05) is 6.54 Å². The molecule has 1 aromatic heterocycles. The second kappa shape index (κ2) is 4.64. The van der Waals surface area contributed by atoms with Gasteiger partial charge in [0.25, 0.3) is 0 Å². The monoisotopic (exact) mass is 204 g/mol. The molecular formula is C7H12N2O3S. The Kier molecular flexibility index (Phi) is 3.76. The standard InChI is InChI=1S/C7H12N2O3S/c8-1-5(11)6(12)7-9-4(2-10)3-13-7/h3,5-6,10-12H,1-2,8H2. The molecule has 0 saturated carbocycles. The summed E-state index contributed by atoms with van der Waals surface area (Å²) >= 11 is 1.19. The number of aromatic nitrogens is 1. The molecule has 2 unspecified atom stereocenters. The second-order valence-electron chi connectivity index (χ2n) is 2.58. The van der Waals surface area contributed by atoms with Gasteiger partial charge in [-0.2, -0.15) is 0 Å². The average Bonchev–Trinajstić information content (AvgIpc) is 2.63. The predicted octanol–water partition coefficient (Wildman–Crippen LogP) is -1.01. The number of hydrogen-bond donors (Lipinski definition) is 4. The molecule has 5 N–H and O–H groups in total. The van der Waals surface area contributed by atoms with E-state index >= 15 is 0 Å². The van der Waals surface area contributed by atoms with Gasteiger partial charge in [-0.1, -0.05) is 0 Å². The van der Waals surface area contributed by atoms with E-state index in [1.54, 1.807) is 5.38 Å². The van der Waals surface area contributed by atoms with Crippen molar-refractivity contribution < 1.29 is 15.3 Å². The zero-order valence-electron chi connectivity index (χ0n) is 6.92. The number of nitrogens with two attached hydrogens (primary N) is 1. The maximum atomic E-state index is 9.43.